The molecular weight excluding hydrogens is 671 g/mol. The summed E-state index contributed by atoms with van der Waals surface area (Å²) >= 11 is 0. The standard InChI is InChI=1S/C50H35N5/c51-49-48(52-44-23-10-11-28-55(44)49)43-22-9-8-20-39(43)29-33-13-12-21-40(30-33)45-46(41-26-24-34-14-4-6-18-37(34)31-41)53-50(36-16-2-1-3-17-36)54-47(45)42-27-25-35-15-5-7-19-38(35)32-42/h1-28,30-32H,29,51H2. The Morgan fingerprint density at radius 1 is 0.436 bits per heavy atom. The van der Waals surface area contributed by atoms with Crippen LogP contribution in [0, 0.1) is 0 Å². The van der Waals surface area contributed by atoms with E-state index in [2.05, 4.69) is 146 Å². The second kappa shape index (κ2) is 13.6. The van der Waals surface area contributed by atoms with E-state index in [4.69, 9.17) is 20.7 Å². The lowest BCUT2D eigenvalue weighted by molar-refractivity contribution is 1.17. The summed E-state index contributed by atoms with van der Waals surface area (Å²) in [4.78, 5) is 15.8. The summed E-state index contributed by atoms with van der Waals surface area (Å²) < 4.78 is 1.94. The summed E-state index contributed by atoms with van der Waals surface area (Å²) in [5, 5.41) is 4.70. The quantitative estimate of drug-likeness (QED) is 0.179. The fraction of sp³-hybridized carbons (Fsp3) is 0.0200. The second-order valence-corrected chi connectivity index (χ2v) is 13.9. The Morgan fingerprint density at radius 3 is 1.73 bits per heavy atom. The number of nitrogen functional groups attached to an aromatic ring is 1. The van der Waals surface area contributed by atoms with E-state index in [-0.39, 0.29) is 0 Å². The smallest absolute Gasteiger partial charge is 0.160 e. The van der Waals surface area contributed by atoms with Crippen LogP contribution in [-0.4, -0.2) is 19.4 Å². The molecule has 0 radical (unpaired) electrons. The molecule has 0 aliphatic rings. The Labute approximate surface area is 319 Å². The Bertz CT molecular complexity index is 2930. The zero-order valence-corrected chi connectivity index (χ0v) is 30.0. The van der Waals surface area contributed by atoms with Gasteiger partial charge in [0.2, 0.25) is 0 Å². The lowest BCUT2D eigenvalue weighted by Gasteiger charge is -2.18. The lowest BCUT2D eigenvalue weighted by atomic mass is 9.90. The minimum absolute atomic E-state index is 0.632. The summed E-state index contributed by atoms with van der Waals surface area (Å²) in [5.41, 5.74) is 18.5. The summed E-state index contributed by atoms with van der Waals surface area (Å²) in [6.07, 6.45) is 2.65. The highest BCUT2D eigenvalue weighted by Gasteiger charge is 2.22. The Balaban J connectivity index is 1.18. The van der Waals surface area contributed by atoms with Crippen LogP contribution in [0.1, 0.15) is 11.1 Å². The first-order valence-corrected chi connectivity index (χ1v) is 18.5. The third kappa shape index (κ3) is 5.98. The van der Waals surface area contributed by atoms with Gasteiger partial charge < -0.3 is 5.73 Å². The lowest BCUT2D eigenvalue weighted by Crippen LogP contribution is -2.01. The monoisotopic (exact) mass is 705 g/mol. The van der Waals surface area contributed by atoms with E-state index in [1.165, 1.54) is 10.8 Å². The Kier molecular flexibility index (Phi) is 7.96. The predicted octanol–water partition coefficient (Wildman–Crippen LogP) is 11.9. The number of pyridine rings is 1. The first-order valence-electron chi connectivity index (χ1n) is 18.5. The van der Waals surface area contributed by atoms with E-state index in [1.54, 1.807) is 0 Å². The van der Waals surface area contributed by atoms with E-state index in [0.717, 1.165) is 78.0 Å². The van der Waals surface area contributed by atoms with Crippen LogP contribution in [0.2, 0.25) is 0 Å². The van der Waals surface area contributed by atoms with Gasteiger partial charge in [-0.1, -0.05) is 158 Å². The van der Waals surface area contributed by atoms with Crippen molar-refractivity contribution in [2.24, 2.45) is 0 Å². The molecule has 260 valence electrons. The number of nitrogens with two attached hydrogens (primary N) is 1. The van der Waals surface area contributed by atoms with Crippen molar-refractivity contribution in [1.82, 2.24) is 19.4 Å². The molecule has 0 atom stereocenters. The first kappa shape index (κ1) is 32.3. The van der Waals surface area contributed by atoms with Gasteiger partial charge in [-0.2, -0.15) is 0 Å². The van der Waals surface area contributed by atoms with E-state index in [0.29, 0.717) is 18.1 Å². The molecule has 0 amide bonds. The van der Waals surface area contributed by atoms with Crippen LogP contribution in [0.4, 0.5) is 5.82 Å². The van der Waals surface area contributed by atoms with Crippen LogP contribution in [0.3, 0.4) is 0 Å². The molecule has 0 saturated carbocycles. The summed E-state index contributed by atoms with van der Waals surface area (Å²) in [6, 6.07) is 63.7. The van der Waals surface area contributed by atoms with E-state index in [9.17, 15) is 0 Å². The van der Waals surface area contributed by atoms with Crippen LogP contribution >= 0.6 is 0 Å². The molecule has 0 unspecified atom stereocenters. The van der Waals surface area contributed by atoms with Gasteiger partial charge in [-0.15, -0.1) is 0 Å². The van der Waals surface area contributed by atoms with Crippen LogP contribution < -0.4 is 5.73 Å². The molecule has 0 aliphatic carbocycles. The highest BCUT2D eigenvalue weighted by Crippen LogP contribution is 2.42. The summed E-state index contributed by atoms with van der Waals surface area (Å²) in [7, 11) is 0. The van der Waals surface area contributed by atoms with Crippen molar-refractivity contribution in [2.75, 3.05) is 5.73 Å². The fourth-order valence-electron chi connectivity index (χ4n) is 7.72. The van der Waals surface area contributed by atoms with Crippen LogP contribution in [0.5, 0.6) is 0 Å². The van der Waals surface area contributed by atoms with Gasteiger partial charge in [-0.3, -0.25) is 4.40 Å². The van der Waals surface area contributed by atoms with Gasteiger partial charge in [0.25, 0.3) is 0 Å². The number of hydrogen-bond donors (Lipinski definition) is 1. The average molecular weight is 706 g/mol. The van der Waals surface area contributed by atoms with Crippen molar-refractivity contribution in [3.05, 3.63) is 199 Å². The molecule has 0 fully saturated rings. The molecule has 3 heterocycles. The van der Waals surface area contributed by atoms with Gasteiger partial charge in [0.1, 0.15) is 17.2 Å². The van der Waals surface area contributed by atoms with Crippen molar-refractivity contribution >= 4 is 33.0 Å². The molecule has 10 aromatic rings. The maximum atomic E-state index is 6.69. The summed E-state index contributed by atoms with van der Waals surface area (Å²) in [6.45, 7) is 0. The van der Waals surface area contributed by atoms with Gasteiger partial charge >= 0.3 is 0 Å². The van der Waals surface area contributed by atoms with E-state index in [1.807, 2.05) is 47.0 Å². The third-order valence-corrected chi connectivity index (χ3v) is 10.4. The maximum absolute atomic E-state index is 6.69. The van der Waals surface area contributed by atoms with Gasteiger partial charge in [0.05, 0.1) is 11.4 Å². The minimum Gasteiger partial charge on any atom is -0.383 e. The topological polar surface area (TPSA) is 69.1 Å². The van der Waals surface area contributed by atoms with Gasteiger partial charge in [0.15, 0.2) is 5.82 Å². The van der Waals surface area contributed by atoms with Crippen molar-refractivity contribution in [3.8, 4) is 56.3 Å². The zero-order valence-electron chi connectivity index (χ0n) is 30.0. The molecule has 0 spiro atoms. The molecule has 10 rings (SSSR count). The van der Waals surface area contributed by atoms with Crippen molar-refractivity contribution < 1.29 is 0 Å². The molecule has 2 N–H and O–H groups in total. The minimum atomic E-state index is 0.632. The molecule has 55 heavy (non-hydrogen) atoms. The van der Waals surface area contributed by atoms with Crippen molar-refractivity contribution in [2.45, 2.75) is 6.42 Å². The number of anilines is 1. The largest absolute Gasteiger partial charge is 0.383 e. The third-order valence-electron chi connectivity index (χ3n) is 10.4. The second-order valence-electron chi connectivity index (χ2n) is 13.9. The molecule has 0 aliphatic heterocycles. The molecule has 5 heteroatoms. The zero-order chi connectivity index (χ0) is 36.7. The molecule has 7 aromatic carbocycles. The number of aromatic nitrogens is 4. The van der Waals surface area contributed by atoms with Crippen LogP contribution in [0.25, 0.3) is 83.5 Å². The fourth-order valence-corrected chi connectivity index (χ4v) is 7.72. The van der Waals surface area contributed by atoms with Crippen LogP contribution in [0.15, 0.2) is 188 Å². The van der Waals surface area contributed by atoms with E-state index >= 15 is 0 Å². The van der Waals surface area contributed by atoms with Gasteiger partial charge in [-0.05, 0) is 68.9 Å². The summed E-state index contributed by atoms with van der Waals surface area (Å²) in [5.74, 6) is 1.32. The molecule has 0 bridgehead atoms. The maximum Gasteiger partial charge on any atom is 0.160 e. The Morgan fingerprint density at radius 2 is 1.04 bits per heavy atom. The van der Waals surface area contributed by atoms with Gasteiger partial charge in [-0.25, -0.2) is 15.0 Å². The normalized spacial score (nSPS) is 11.4. The number of nitrogens with zero attached hydrogens (tertiary/aromatic N) is 4. The van der Waals surface area contributed by atoms with Crippen molar-refractivity contribution in [3.63, 3.8) is 0 Å². The molecular formula is C50H35N5. The highest BCUT2D eigenvalue weighted by atomic mass is 15.1. The highest BCUT2D eigenvalue weighted by molar-refractivity contribution is 5.97. The first-order chi connectivity index (χ1) is 27.2. The number of rotatable bonds is 7. The number of benzene rings is 7. The van der Waals surface area contributed by atoms with Crippen LogP contribution in [-0.2, 0) is 6.42 Å². The Hall–Kier alpha value is -7.37. The van der Waals surface area contributed by atoms with Gasteiger partial charge in [0, 0.05) is 34.0 Å². The number of hydrogen-bond acceptors (Lipinski definition) is 4. The molecule has 3 aromatic heterocycles. The number of imidazole rings is 1. The molecule has 0 saturated heterocycles. The molecule has 5 nitrogen and oxygen atoms in total. The van der Waals surface area contributed by atoms with Crippen molar-refractivity contribution in [1.29, 1.82) is 0 Å². The predicted molar refractivity (Wildman–Crippen MR) is 227 cm³/mol. The van der Waals surface area contributed by atoms with E-state index < -0.39 is 0 Å². The average Bonchev–Trinajstić information content (AvgIpc) is 3.59. The SMILES string of the molecule is Nc1c(-c2ccccc2Cc2cccc(-c3c(-c4ccc5ccccc5c4)nc(-c4ccccc4)nc3-c3ccc4ccccc4c3)c2)nc2ccccn12. The number of fused-ring (bicyclic) bond motifs is 3.